The van der Waals surface area contributed by atoms with E-state index < -0.39 is 17.5 Å². The molecule has 8 heteroatoms. The third-order valence-corrected chi connectivity index (χ3v) is 1.37. The number of carboxylic acid groups (broad SMARTS) is 1. The van der Waals surface area contributed by atoms with Crippen LogP contribution in [0.2, 0.25) is 0 Å². The lowest BCUT2D eigenvalue weighted by Gasteiger charge is -2.01. The van der Waals surface area contributed by atoms with Crippen molar-refractivity contribution in [1.82, 2.24) is 4.98 Å². The quantitative estimate of drug-likeness (QED) is 0.289. The third kappa shape index (κ3) is 2.36. The predicted octanol–water partition coefficient (Wildman–Crippen LogP) is 0.278. The van der Waals surface area contributed by atoms with Crippen molar-refractivity contribution in [1.29, 1.82) is 5.53 Å². The van der Waals surface area contributed by atoms with E-state index in [0.29, 0.717) is 0 Å². The molecule has 0 radical (unpaired) electrons. The van der Waals surface area contributed by atoms with Gasteiger partial charge in [0.05, 0.1) is 0 Å². The van der Waals surface area contributed by atoms with Crippen LogP contribution in [0.4, 0.5) is 0 Å². The Balaban J connectivity index is 2.95. The molecule has 0 saturated carbocycles. The zero-order valence-corrected chi connectivity index (χ0v) is 7.80. The second-order valence-electron chi connectivity index (χ2n) is 2.37. The summed E-state index contributed by atoms with van der Waals surface area (Å²) >= 11 is 0. The van der Waals surface area contributed by atoms with Crippen molar-refractivity contribution in [3.05, 3.63) is 23.7 Å². The summed E-state index contributed by atoms with van der Waals surface area (Å²) in [6.07, 6.45) is 6.02. The predicted molar refractivity (Wildman–Crippen MR) is 49.1 cm³/mol. The Morgan fingerprint density at radius 1 is 1.81 bits per heavy atom. The normalized spacial score (nSPS) is 11.2. The van der Waals surface area contributed by atoms with E-state index in [1.165, 1.54) is 0 Å². The second-order valence-corrected chi connectivity index (χ2v) is 2.37. The average Bonchev–Trinajstić information content (AvgIpc) is 2.72. The standard InChI is InChI=1S/C8H6N4O4/c1-2-4-11-5(3-15-4)16-7(12-10)6(9)8(13)14/h1,3,10H,9H2,(H,13,14)/b7-6+,12-10?. The number of oxazole rings is 1. The molecule has 1 aromatic heterocycles. The van der Waals surface area contributed by atoms with Gasteiger partial charge in [0.15, 0.2) is 12.0 Å². The summed E-state index contributed by atoms with van der Waals surface area (Å²) in [4.78, 5) is 14.1. The molecule has 4 N–H and O–H groups in total. The van der Waals surface area contributed by atoms with Crippen molar-refractivity contribution in [3.8, 4) is 18.2 Å². The molecule has 0 spiro atoms. The van der Waals surface area contributed by atoms with E-state index in [-0.39, 0.29) is 11.8 Å². The molecule has 0 amide bonds. The monoisotopic (exact) mass is 222 g/mol. The van der Waals surface area contributed by atoms with Crippen molar-refractivity contribution in [3.63, 3.8) is 0 Å². The summed E-state index contributed by atoms with van der Waals surface area (Å²) < 4.78 is 9.50. The van der Waals surface area contributed by atoms with Crippen LogP contribution in [0, 0.1) is 17.9 Å². The molecule has 0 aliphatic heterocycles. The number of nitrogens with two attached hydrogens (primary N) is 1. The fraction of sp³-hybridized carbons (Fsp3) is 0. The summed E-state index contributed by atoms with van der Waals surface area (Å²) in [7, 11) is 0. The molecular weight excluding hydrogens is 216 g/mol. The highest BCUT2D eigenvalue weighted by molar-refractivity contribution is 5.85. The molecule has 82 valence electrons. The fourth-order valence-corrected chi connectivity index (χ4v) is 0.701. The van der Waals surface area contributed by atoms with E-state index in [9.17, 15) is 4.79 Å². The summed E-state index contributed by atoms with van der Waals surface area (Å²) in [6, 6.07) is 0. The molecule has 0 aromatic carbocycles. The molecular formula is C8H6N4O4. The first-order valence-electron chi connectivity index (χ1n) is 3.79. The fourth-order valence-electron chi connectivity index (χ4n) is 0.701. The lowest BCUT2D eigenvalue weighted by atomic mass is 10.5. The van der Waals surface area contributed by atoms with Crippen molar-refractivity contribution >= 4 is 5.97 Å². The summed E-state index contributed by atoms with van der Waals surface area (Å²) in [5.74, 6) is -0.165. The topological polar surface area (TPSA) is 135 Å². The number of hydrogen-bond acceptors (Lipinski definition) is 7. The zero-order chi connectivity index (χ0) is 12.1. The van der Waals surface area contributed by atoms with Crippen LogP contribution in [0.3, 0.4) is 0 Å². The first-order valence-corrected chi connectivity index (χ1v) is 3.79. The first kappa shape index (κ1) is 11.3. The van der Waals surface area contributed by atoms with Crippen molar-refractivity contribution < 1.29 is 19.1 Å². The van der Waals surface area contributed by atoms with E-state index in [4.69, 9.17) is 31.9 Å². The van der Waals surface area contributed by atoms with Gasteiger partial charge in [-0.25, -0.2) is 10.3 Å². The minimum Gasteiger partial charge on any atom is -0.476 e. The first-order chi connectivity index (χ1) is 7.58. The number of rotatable bonds is 4. The van der Waals surface area contributed by atoms with E-state index >= 15 is 0 Å². The van der Waals surface area contributed by atoms with Gasteiger partial charge in [0.2, 0.25) is 0 Å². The second kappa shape index (κ2) is 4.61. The maximum atomic E-state index is 10.5. The molecule has 0 saturated heterocycles. The lowest BCUT2D eigenvalue weighted by molar-refractivity contribution is -0.132. The SMILES string of the molecule is C#Cc1nc(O/C(N=N)=C(/N)C(=O)O)co1. The largest absolute Gasteiger partial charge is 0.476 e. The van der Waals surface area contributed by atoms with Crippen LogP contribution in [0.5, 0.6) is 5.88 Å². The molecule has 1 heterocycles. The van der Waals surface area contributed by atoms with Crippen LogP contribution < -0.4 is 10.5 Å². The molecule has 8 nitrogen and oxygen atoms in total. The smallest absolute Gasteiger partial charge is 0.357 e. The molecule has 0 aliphatic carbocycles. The van der Waals surface area contributed by atoms with Crippen LogP contribution in [0.1, 0.15) is 5.89 Å². The van der Waals surface area contributed by atoms with Crippen LogP contribution in [-0.2, 0) is 4.79 Å². The van der Waals surface area contributed by atoms with E-state index in [1.54, 1.807) is 0 Å². The van der Waals surface area contributed by atoms with Gasteiger partial charge in [-0.3, -0.25) is 0 Å². The number of terminal acetylenes is 1. The summed E-state index contributed by atoms with van der Waals surface area (Å²) in [6.45, 7) is 0. The van der Waals surface area contributed by atoms with Gasteiger partial charge >= 0.3 is 5.97 Å². The highest BCUT2D eigenvalue weighted by Gasteiger charge is 2.14. The van der Waals surface area contributed by atoms with Crippen LogP contribution in [0.25, 0.3) is 0 Å². The third-order valence-electron chi connectivity index (χ3n) is 1.37. The molecule has 1 rings (SSSR count). The molecule has 0 bridgehead atoms. The van der Waals surface area contributed by atoms with Crippen molar-refractivity contribution in [2.24, 2.45) is 10.8 Å². The van der Waals surface area contributed by atoms with E-state index in [1.807, 2.05) is 0 Å². The van der Waals surface area contributed by atoms with Gasteiger partial charge in [-0.2, -0.15) is 4.98 Å². The van der Waals surface area contributed by atoms with E-state index in [0.717, 1.165) is 6.26 Å². The Labute approximate surface area is 89.2 Å². The molecule has 0 atom stereocenters. The number of nitrogens with one attached hydrogen (secondary N) is 1. The van der Waals surface area contributed by atoms with Gasteiger partial charge in [0.1, 0.15) is 0 Å². The number of nitrogens with zero attached hydrogens (tertiary/aromatic N) is 2. The Bertz CT molecular complexity index is 496. The Kier molecular flexibility index (Phi) is 3.24. The highest BCUT2D eigenvalue weighted by Crippen LogP contribution is 2.14. The maximum Gasteiger partial charge on any atom is 0.357 e. The van der Waals surface area contributed by atoms with Gasteiger partial charge in [0.25, 0.3) is 17.7 Å². The minimum absolute atomic E-state index is 0.0479. The van der Waals surface area contributed by atoms with Gasteiger partial charge in [-0.05, 0) is 5.92 Å². The Morgan fingerprint density at radius 3 is 2.94 bits per heavy atom. The molecule has 0 aliphatic rings. The average molecular weight is 222 g/mol. The number of aromatic nitrogens is 1. The minimum atomic E-state index is -1.47. The number of carboxylic acids is 1. The molecule has 0 unspecified atom stereocenters. The molecule has 16 heavy (non-hydrogen) atoms. The zero-order valence-electron chi connectivity index (χ0n) is 7.80. The van der Waals surface area contributed by atoms with Gasteiger partial charge in [0, 0.05) is 0 Å². The number of aliphatic carboxylic acids is 1. The van der Waals surface area contributed by atoms with Crippen LogP contribution in [0.15, 0.2) is 27.4 Å². The van der Waals surface area contributed by atoms with Crippen LogP contribution in [-0.4, -0.2) is 16.1 Å². The van der Waals surface area contributed by atoms with E-state index in [2.05, 4.69) is 16.0 Å². The highest BCUT2D eigenvalue weighted by atomic mass is 16.5. The van der Waals surface area contributed by atoms with Gasteiger partial charge in [-0.1, -0.05) is 0 Å². The molecule has 0 fully saturated rings. The molecule has 1 aromatic rings. The Morgan fingerprint density at radius 2 is 2.50 bits per heavy atom. The number of carbonyl (C=O) groups is 1. The maximum absolute atomic E-state index is 10.5. The number of hydrogen-bond donors (Lipinski definition) is 3. The van der Waals surface area contributed by atoms with Gasteiger partial charge in [-0.15, -0.1) is 11.5 Å². The van der Waals surface area contributed by atoms with Gasteiger partial charge < -0.3 is 20.0 Å². The summed E-state index contributed by atoms with van der Waals surface area (Å²) in [5.41, 5.74) is 11.1. The lowest BCUT2D eigenvalue weighted by Crippen LogP contribution is -2.15. The number of ether oxygens (including phenoxy) is 1. The van der Waals surface area contributed by atoms with Crippen LogP contribution >= 0.6 is 0 Å². The summed E-state index contributed by atoms with van der Waals surface area (Å²) in [5, 5.41) is 11.3. The van der Waals surface area contributed by atoms with Crippen molar-refractivity contribution in [2.75, 3.05) is 0 Å². The van der Waals surface area contributed by atoms with Crippen molar-refractivity contribution in [2.45, 2.75) is 0 Å². The Hall–Kier alpha value is -2.82.